The number of thiazole rings is 1. The molecule has 1 aliphatic carbocycles. The maximum absolute atomic E-state index is 12.8. The number of nitro groups is 1. The Bertz CT molecular complexity index is 720. The van der Waals surface area contributed by atoms with Gasteiger partial charge in [-0.1, -0.05) is 12.8 Å². The first kappa shape index (κ1) is 15.6. The lowest BCUT2D eigenvalue weighted by Gasteiger charge is -2.18. The van der Waals surface area contributed by atoms with Crippen molar-refractivity contribution in [2.75, 3.05) is 11.9 Å². The summed E-state index contributed by atoms with van der Waals surface area (Å²) >= 11 is 1.36. The summed E-state index contributed by atoms with van der Waals surface area (Å²) in [6.45, 7) is 0. The van der Waals surface area contributed by atoms with E-state index in [0.29, 0.717) is 16.5 Å². The van der Waals surface area contributed by atoms with Crippen molar-refractivity contribution >= 4 is 28.6 Å². The highest BCUT2D eigenvalue weighted by molar-refractivity contribution is 7.12. The highest BCUT2D eigenvalue weighted by Crippen LogP contribution is 2.36. The van der Waals surface area contributed by atoms with E-state index in [1.807, 2.05) is 0 Å². The number of anilines is 1. The average Bonchev–Trinajstić information content (AvgIpc) is 3.24. The number of hydrogen-bond acceptors (Lipinski definition) is 5. The number of rotatable bonds is 4. The summed E-state index contributed by atoms with van der Waals surface area (Å²) in [5.41, 5.74) is 3.28. The van der Waals surface area contributed by atoms with Gasteiger partial charge in [0, 0.05) is 30.8 Å². The van der Waals surface area contributed by atoms with E-state index in [1.165, 1.54) is 41.2 Å². The van der Waals surface area contributed by atoms with Crippen molar-refractivity contribution < 1.29 is 9.72 Å². The summed E-state index contributed by atoms with van der Waals surface area (Å²) in [5.74, 6) is 0.272. The highest BCUT2D eigenvalue weighted by Gasteiger charge is 2.27. The first-order chi connectivity index (χ1) is 11.1. The van der Waals surface area contributed by atoms with E-state index in [1.54, 1.807) is 24.7 Å². The summed E-state index contributed by atoms with van der Waals surface area (Å²) in [7, 11) is 1.68. The van der Waals surface area contributed by atoms with E-state index in [4.69, 9.17) is 0 Å². The molecule has 2 aromatic rings. The number of amides is 1. The number of benzene rings is 1. The number of carbonyl (C=O) groups is 1. The van der Waals surface area contributed by atoms with E-state index in [0.717, 1.165) is 18.5 Å². The molecule has 120 valence electrons. The number of nitro benzene ring substituents is 1. The Morgan fingerprint density at radius 3 is 2.57 bits per heavy atom. The minimum absolute atomic E-state index is 0.0130. The minimum Gasteiger partial charge on any atom is -0.311 e. The summed E-state index contributed by atoms with van der Waals surface area (Å²) < 4.78 is 0. The van der Waals surface area contributed by atoms with Crippen LogP contribution in [-0.4, -0.2) is 22.9 Å². The van der Waals surface area contributed by atoms with Gasteiger partial charge in [0.25, 0.3) is 11.6 Å². The molecule has 1 aromatic heterocycles. The average molecular weight is 331 g/mol. The Hall–Kier alpha value is -2.28. The molecule has 1 fully saturated rings. The highest BCUT2D eigenvalue weighted by atomic mass is 32.1. The quantitative estimate of drug-likeness (QED) is 0.627. The zero-order valence-corrected chi connectivity index (χ0v) is 13.6. The third-order valence-corrected chi connectivity index (χ3v) is 5.11. The Labute approximate surface area is 137 Å². The van der Waals surface area contributed by atoms with E-state index >= 15 is 0 Å². The van der Waals surface area contributed by atoms with Gasteiger partial charge in [0.05, 0.1) is 16.1 Å². The predicted octanol–water partition coefficient (Wildman–Crippen LogP) is 3.99. The fourth-order valence-electron chi connectivity index (χ4n) is 2.97. The number of nitrogens with zero attached hydrogens (tertiary/aromatic N) is 3. The second kappa shape index (κ2) is 6.45. The zero-order valence-electron chi connectivity index (χ0n) is 12.8. The zero-order chi connectivity index (χ0) is 16.4. The summed E-state index contributed by atoms with van der Waals surface area (Å²) in [6.07, 6.45) is 4.55. The maximum atomic E-state index is 12.8. The number of carbonyl (C=O) groups excluding carboxylic acids is 1. The van der Waals surface area contributed by atoms with Gasteiger partial charge in [0.1, 0.15) is 4.88 Å². The first-order valence-corrected chi connectivity index (χ1v) is 8.42. The molecule has 0 N–H and O–H groups in total. The lowest BCUT2D eigenvalue weighted by molar-refractivity contribution is -0.384. The van der Waals surface area contributed by atoms with Crippen LogP contribution >= 0.6 is 11.3 Å². The van der Waals surface area contributed by atoms with Crippen molar-refractivity contribution in [3.05, 3.63) is 50.5 Å². The Kier molecular flexibility index (Phi) is 4.38. The lowest BCUT2D eigenvalue weighted by Crippen LogP contribution is -2.26. The molecule has 1 saturated carbocycles. The van der Waals surface area contributed by atoms with Crippen molar-refractivity contribution in [1.82, 2.24) is 4.98 Å². The molecule has 0 bridgehead atoms. The van der Waals surface area contributed by atoms with Crippen LogP contribution in [0.25, 0.3) is 0 Å². The van der Waals surface area contributed by atoms with Gasteiger partial charge >= 0.3 is 0 Å². The molecular weight excluding hydrogens is 314 g/mol. The molecule has 1 amide bonds. The van der Waals surface area contributed by atoms with Crippen LogP contribution in [-0.2, 0) is 0 Å². The van der Waals surface area contributed by atoms with Gasteiger partial charge in [-0.05, 0) is 25.0 Å². The summed E-state index contributed by atoms with van der Waals surface area (Å²) in [6, 6.07) is 5.99. The molecule has 7 heteroatoms. The van der Waals surface area contributed by atoms with Crippen LogP contribution in [0.15, 0.2) is 29.8 Å². The SMILES string of the molecule is CN(C(=O)c1scnc1C1CCCC1)c1ccc([N+](=O)[O-])cc1. The topological polar surface area (TPSA) is 76.3 Å². The normalized spacial score (nSPS) is 14.8. The van der Waals surface area contributed by atoms with Gasteiger partial charge in [-0.3, -0.25) is 14.9 Å². The number of hydrogen-bond donors (Lipinski definition) is 0. The maximum Gasteiger partial charge on any atom is 0.270 e. The second-order valence-corrected chi connectivity index (χ2v) is 6.54. The van der Waals surface area contributed by atoms with E-state index in [-0.39, 0.29) is 11.6 Å². The molecule has 0 spiro atoms. The molecule has 0 atom stereocenters. The van der Waals surface area contributed by atoms with Gasteiger partial charge in [-0.2, -0.15) is 0 Å². The molecule has 0 aliphatic heterocycles. The van der Waals surface area contributed by atoms with Crippen LogP contribution in [0.5, 0.6) is 0 Å². The van der Waals surface area contributed by atoms with Crippen molar-refractivity contribution in [3.63, 3.8) is 0 Å². The summed E-state index contributed by atoms with van der Waals surface area (Å²) in [4.78, 5) is 29.6. The largest absolute Gasteiger partial charge is 0.311 e. The first-order valence-electron chi connectivity index (χ1n) is 7.54. The number of non-ortho nitro benzene ring substituents is 1. The molecular formula is C16H17N3O3S. The van der Waals surface area contributed by atoms with Crippen LogP contribution in [0.1, 0.15) is 47.0 Å². The van der Waals surface area contributed by atoms with Gasteiger partial charge in [0.2, 0.25) is 0 Å². The van der Waals surface area contributed by atoms with Crippen LogP contribution in [0.2, 0.25) is 0 Å². The van der Waals surface area contributed by atoms with E-state index in [9.17, 15) is 14.9 Å². The standard InChI is InChI=1S/C16H17N3O3S/c1-18(12-6-8-13(9-7-12)19(21)22)16(20)15-14(17-10-23-15)11-4-2-3-5-11/h6-11H,2-5H2,1H3. The molecule has 0 radical (unpaired) electrons. The molecule has 1 aliphatic rings. The predicted molar refractivity (Wildman–Crippen MR) is 89.2 cm³/mol. The number of aromatic nitrogens is 1. The fraction of sp³-hybridized carbons (Fsp3) is 0.375. The third-order valence-electron chi connectivity index (χ3n) is 4.28. The lowest BCUT2D eigenvalue weighted by atomic mass is 10.0. The van der Waals surface area contributed by atoms with Gasteiger partial charge in [0.15, 0.2) is 0 Å². The molecule has 1 heterocycles. The molecule has 0 unspecified atom stereocenters. The van der Waals surface area contributed by atoms with Crippen molar-refractivity contribution in [3.8, 4) is 0 Å². The van der Waals surface area contributed by atoms with Crippen LogP contribution in [0, 0.1) is 10.1 Å². The third kappa shape index (κ3) is 3.10. The molecule has 0 saturated heterocycles. The van der Waals surface area contributed by atoms with Gasteiger partial charge in [-0.15, -0.1) is 11.3 Å². The molecule has 23 heavy (non-hydrogen) atoms. The fourth-order valence-corrected chi connectivity index (χ4v) is 3.82. The van der Waals surface area contributed by atoms with Crippen molar-refractivity contribution in [2.45, 2.75) is 31.6 Å². The van der Waals surface area contributed by atoms with E-state index in [2.05, 4.69) is 4.98 Å². The van der Waals surface area contributed by atoms with Crippen molar-refractivity contribution in [1.29, 1.82) is 0 Å². The van der Waals surface area contributed by atoms with Gasteiger partial charge < -0.3 is 4.90 Å². The van der Waals surface area contributed by atoms with Gasteiger partial charge in [-0.25, -0.2) is 4.98 Å². The molecule has 1 aromatic carbocycles. The second-order valence-electron chi connectivity index (χ2n) is 5.69. The Balaban J connectivity index is 1.82. The van der Waals surface area contributed by atoms with Crippen LogP contribution in [0.4, 0.5) is 11.4 Å². The molecule has 6 nitrogen and oxygen atoms in total. The Morgan fingerprint density at radius 2 is 1.96 bits per heavy atom. The van der Waals surface area contributed by atoms with Crippen molar-refractivity contribution in [2.24, 2.45) is 0 Å². The van der Waals surface area contributed by atoms with E-state index < -0.39 is 4.92 Å². The molecule has 3 rings (SSSR count). The smallest absolute Gasteiger partial charge is 0.270 e. The Morgan fingerprint density at radius 1 is 1.30 bits per heavy atom. The summed E-state index contributed by atoms with van der Waals surface area (Å²) in [5, 5.41) is 10.7. The van der Waals surface area contributed by atoms with Crippen LogP contribution < -0.4 is 4.90 Å². The minimum atomic E-state index is -0.451. The van der Waals surface area contributed by atoms with Crippen LogP contribution in [0.3, 0.4) is 0 Å². The monoisotopic (exact) mass is 331 g/mol.